The lowest BCUT2D eigenvalue weighted by atomic mass is 9.83. The van der Waals surface area contributed by atoms with Gasteiger partial charge in [-0.05, 0) is 49.4 Å². The second kappa shape index (κ2) is 9.05. The molecule has 1 saturated carbocycles. The fraction of sp³-hybridized carbons (Fsp3) is 0.320. The van der Waals surface area contributed by atoms with Gasteiger partial charge in [0, 0.05) is 48.3 Å². The summed E-state index contributed by atoms with van der Waals surface area (Å²) in [4.78, 5) is 27.1. The van der Waals surface area contributed by atoms with E-state index >= 15 is 0 Å². The van der Waals surface area contributed by atoms with Gasteiger partial charge in [-0.25, -0.2) is 9.97 Å². The van der Waals surface area contributed by atoms with E-state index in [4.69, 9.17) is 4.98 Å². The minimum atomic E-state index is -0.152. The molecule has 0 bridgehead atoms. The zero-order chi connectivity index (χ0) is 23.8. The highest BCUT2D eigenvalue weighted by molar-refractivity contribution is 6.07. The third-order valence-corrected chi connectivity index (χ3v) is 7.01. The molecule has 1 aliphatic carbocycles. The normalized spacial score (nSPS) is 21.6. The number of anilines is 2. The third kappa shape index (κ3) is 4.33. The van der Waals surface area contributed by atoms with Crippen molar-refractivity contribution in [1.29, 1.82) is 0 Å². The number of amides is 1. The number of benzene rings is 1. The van der Waals surface area contributed by atoms with Gasteiger partial charge in [-0.3, -0.25) is 15.6 Å². The number of hydrogen-bond donors (Lipinski definition) is 4. The van der Waals surface area contributed by atoms with Crippen LogP contribution in [-0.4, -0.2) is 56.7 Å². The number of hydrazine groups is 1. The number of H-pyrrole nitrogens is 1. The topological polar surface area (TPSA) is 124 Å². The van der Waals surface area contributed by atoms with Crippen LogP contribution in [0.3, 0.4) is 0 Å². The molecular weight excluding hydrogens is 442 g/mol. The van der Waals surface area contributed by atoms with E-state index in [1.54, 1.807) is 36.6 Å². The predicted octanol–water partition coefficient (Wildman–Crippen LogP) is 2.75. The maximum absolute atomic E-state index is 13.0. The lowest BCUT2D eigenvalue weighted by molar-refractivity contribution is 0.0989. The first-order valence-corrected chi connectivity index (χ1v) is 11.9. The minimum absolute atomic E-state index is 0.152. The van der Waals surface area contributed by atoms with Crippen molar-refractivity contribution in [3.8, 4) is 11.4 Å². The monoisotopic (exact) mass is 469 g/mol. The van der Waals surface area contributed by atoms with Gasteiger partial charge in [0.05, 0.1) is 18.1 Å². The number of hydrogen-bond acceptors (Lipinski definition) is 8. The smallest absolute Gasteiger partial charge is 0.274 e. The summed E-state index contributed by atoms with van der Waals surface area (Å²) in [5.41, 5.74) is 9.58. The SMILES string of the molecule is CN(C(=O)c1cc2ccc(-c3nccc(NC4CCC5NNCC5C4)n3)cc2[nH]1)c1ccnnc1. The van der Waals surface area contributed by atoms with E-state index in [0.717, 1.165) is 48.1 Å². The molecule has 3 aromatic heterocycles. The van der Waals surface area contributed by atoms with Gasteiger partial charge in [-0.15, -0.1) is 0 Å². The Morgan fingerprint density at radius 3 is 2.94 bits per heavy atom. The van der Waals surface area contributed by atoms with Gasteiger partial charge in [0.2, 0.25) is 0 Å². The molecule has 1 aliphatic heterocycles. The summed E-state index contributed by atoms with van der Waals surface area (Å²) in [7, 11) is 1.72. The zero-order valence-electron chi connectivity index (χ0n) is 19.4. The maximum Gasteiger partial charge on any atom is 0.274 e. The van der Waals surface area contributed by atoms with Crippen LogP contribution in [-0.2, 0) is 0 Å². The van der Waals surface area contributed by atoms with Crippen molar-refractivity contribution < 1.29 is 4.79 Å². The standard InChI is InChI=1S/C25H27N9O/c1-34(19-6-9-27-28-14-19)25(35)22-11-15-2-3-16(12-21(15)31-22)24-26-8-7-23(32-24)30-18-4-5-20-17(10-18)13-29-33-20/h2-3,6-9,11-12,14,17-18,20,29,31,33H,4-5,10,13H2,1H3,(H,26,30,32). The maximum atomic E-state index is 13.0. The first-order valence-electron chi connectivity index (χ1n) is 11.9. The Bertz CT molecular complexity index is 1360. The van der Waals surface area contributed by atoms with Gasteiger partial charge in [0.25, 0.3) is 5.91 Å². The summed E-state index contributed by atoms with van der Waals surface area (Å²) in [6.07, 6.45) is 8.31. The summed E-state index contributed by atoms with van der Waals surface area (Å²) in [6.45, 7) is 1.02. The molecule has 1 amide bonds. The Kier molecular flexibility index (Phi) is 5.59. The summed E-state index contributed by atoms with van der Waals surface area (Å²) < 4.78 is 0. The average molecular weight is 470 g/mol. The van der Waals surface area contributed by atoms with Gasteiger partial charge in [-0.2, -0.15) is 10.2 Å². The van der Waals surface area contributed by atoms with Crippen LogP contribution in [0.15, 0.2) is 55.0 Å². The molecule has 10 heteroatoms. The minimum Gasteiger partial charge on any atom is -0.367 e. The second-order valence-corrected chi connectivity index (χ2v) is 9.26. The Hall–Kier alpha value is -3.89. The molecule has 178 valence electrons. The van der Waals surface area contributed by atoms with Crippen molar-refractivity contribution in [2.24, 2.45) is 5.92 Å². The Labute approximate surface area is 202 Å². The Balaban J connectivity index is 1.20. The third-order valence-electron chi connectivity index (χ3n) is 7.01. The number of aromatic amines is 1. The van der Waals surface area contributed by atoms with Crippen LogP contribution in [0, 0.1) is 5.92 Å². The first kappa shape index (κ1) is 21.6. The second-order valence-electron chi connectivity index (χ2n) is 9.26. The predicted molar refractivity (Wildman–Crippen MR) is 134 cm³/mol. The van der Waals surface area contributed by atoms with E-state index in [1.807, 2.05) is 30.3 Å². The van der Waals surface area contributed by atoms with Gasteiger partial charge in [0.15, 0.2) is 5.82 Å². The number of aromatic nitrogens is 5. The lowest BCUT2D eigenvalue weighted by Gasteiger charge is -2.31. The van der Waals surface area contributed by atoms with E-state index in [9.17, 15) is 4.79 Å². The highest BCUT2D eigenvalue weighted by atomic mass is 16.2. The highest BCUT2D eigenvalue weighted by Crippen LogP contribution is 2.29. The van der Waals surface area contributed by atoms with Crippen molar-refractivity contribution >= 4 is 28.3 Å². The molecule has 6 rings (SSSR count). The molecule has 4 aromatic rings. The van der Waals surface area contributed by atoms with Gasteiger partial charge in [-0.1, -0.05) is 12.1 Å². The zero-order valence-corrected chi connectivity index (χ0v) is 19.4. The van der Waals surface area contributed by atoms with E-state index in [1.165, 1.54) is 0 Å². The molecule has 4 heterocycles. The molecule has 1 aromatic carbocycles. The molecule has 0 radical (unpaired) electrons. The molecule has 2 aliphatic rings. The van der Waals surface area contributed by atoms with Crippen LogP contribution in [0.2, 0.25) is 0 Å². The number of fused-ring (bicyclic) bond motifs is 2. The summed E-state index contributed by atoms with van der Waals surface area (Å²) in [6, 6.07) is 12.5. The van der Waals surface area contributed by atoms with E-state index in [-0.39, 0.29) is 5.91 Å². The number of rotatable bonds is 5. The largest absolute Gasteiger partial charge is 0.367 e. The van der Waals surface area contributed by atoms with Crippen LogP contribution in [0.5, 0.6) is 0 Å². The van der Waals surface area contributed by atoms with Crippen LogP contribution in [0.1, 0.15) is 29.8 Å². The van der Waals surface area contributed by atoms with Crippen molar-refractivity contribution in [2.75, 3.05) is 23.8 Å². The molecule has 2 fully saturated rings. The van der Waals surface area contributed by atoms with Crippen molar-refractivity contribution in [1.82, 2.24) is 36.0 Å². The number of carbonyl (C=O) groups is 1. The van der Waals surface area contributed by atoms with E-state index in [2.05, 4.69) is 36.3 Å². The van der Waals surface area contributed by atoms with Crippen molar-refractivity contribution in [2.45, 2.75) is 31.3 Å². The molecule has 1 saturated heterocycles. The molecule has 10 nitrogen and oxygen atoms in total. The fourth-order valence-electron chi connectivity index (χ4n) is 5.08. The molecule has 0 spiro atoms. The van der Waals surface area contributed by atoms with Crippen LogP contribution >= 0.6 is 0 Å². The number of nitrogens with zero attached hydrogens (tertiary/aromatic N) is 5. The van der Waals surface area contributed by atoms with Crippen LogP contribution in [0.25, 0.3) is 22.3 Å². The highest BCUT2D eigenvalue weighted by Gasteiger charge is 2.33. The summed E-state index contributed by atoms with van der Waals surface area (Å²) >= 11 is 0. The lowest BCUT2D eigenvalue weighted by Crippen LogP contribution is -2.39. The van der Waals surface area contributed by atoms with E-state index < -0.39 is 0 Å². The van der Waals surface area contributed by atoms with Crippen molar-refractivity contribution in [3.63, 3.8) is 0 Å². The summed E-state index contributed by atoms with van der Waals surface area (Å²) in [5, 5.41) is 12.2. The quantitative estimate of drug-likeness (QED) is 0.352. The fourth-order valence-corrected chi connectivity index (χ4v) is 5.08. The molecule has 3 unspecified atom stereocenters. The van der Waals surface area contributed by atoms with Gasteiger partial charge < -0.3 is 15.2 Å². The Morgan fingerprint density at radius 2 is 2.06 bits per heavy atom. The van der Waals surface area contributed by atoms with Gasteiger partial charge in [0.1, 0.15) is 11.5 Å². The first-order chi connectivity index (χ1) is 17.1. The molecule has 35 heavy (non-hydrogen) atoms. The molecule has 4 N–H and O–H groups in total. The molecule has 3 atom stereocenters. The van der Waals surface area contributed by atoms with Crippen LogP contribution in [0.4, 0.5) is 11.5 Å². The van der Waals surface area contributed by atoms with E-state index in [0.29, 0.717) is 35.2 Å². The van der Waals surface area contributed by atoms with Crippen molar-refractivity contribution in [3.05, 3.63) is 60.7 Å². The van der Waals surface area contributed by atoms with Gasteiger partial charge >= 0.3 is 0 Å². The Morgan fingerprint density at radius 1 is 1.11 bits per heavy atom. The number of carbonyl (C=O) groups excluding carboxylic acids is 1. The number of nitrogens with one attached hydrogen (secondary N) is 4. The molecular formula is C25H27N9O. The average Bonchev–Trinajstić information content (AvgIpc) is 3.55. The van der Waals surface area contributed by atoms with Crippen LogP contribution < -0.4 is 21.1 Å². The summed E-state index contributed by atoms with van der Waals surface area (Å²) in [5.74, 6) is 1.99.